The highest BCUT2D eigenvalue weighted by Crippen LogP contribution is 2.24. The Balaban J connectivity index is 1.48. The first-order valence-electron chi connectivity index (χ1n) is 6.99. The molecule has 0 aliphatic rings. The monoisotopic (exact) mass is 340 g/mol. The third kappa shape index (κ3) is 2.80. The molecule has 7 heteroatoms. The summed E-state index contributed by atoms with van der Waals surface area (Å²) in [6, 6.07) is 11.7. The van der Waals surface area contributed by atoms with Crippen molar-refractivity contribution in [1.29, 1.82) is 0 Å². The third-order valence-corrected chi connectivity index (χ3v) is 5.17. The molecule has 0 aliphatic heterocycles. The van der Waals surface area contributed by atoms with Crippen molar-refractivity contribution in [3.63, 3.8) is 0 Å². The molecule has 0 bridgehead atoms. The number of benzene rings is 1. The van der Waals surface area contributed by atoms with E-state index in [1.807, 2.05) is 41.8 Å². The van der Waals surface area contributed by atoms with E-state index in [1.54, 1.807) is 17.5 Å². The van der Waals surface area contributed by atoms with E-state index >= 15 is 0 Å². The third-order valence-electron chi connectivity index (χ3n) is 3.44. The van der Waals surface area contributed by atoms with Crippen LogP contribution >= 0.6 is 23.1 Å². The number of thioether (sulfide) groups is 1. The molecule has 4 aromatic rings. The van der Waals surface area contributed by atoms with Crippen molar-refractivity contribution in [1.82, 2.24) is 20.2 Å². The predicted molar refractivity (Wildman–Crippen MR) is 93.0 cm³/mol. The fourth-order valence-electron chi connectivity index (χ4n) is 2.34. The Kier molecular flexibility index (Phi) is 3.72. The molecule has 4 rings (SSSR count). The molecule has 114 valence electrons. The number of H-pyrrole nitrogens is 2. The summed E-state index contributed by atoms with van der Waals surface area (Å²) in [7, 11) is 0. The highest BCUT2D eigenvalue weighted by molar-refractivity contribution is 7.99. The molecule has 3 aromatic heterocycles. The van der Waals surface area contributed by atoms with Gasteiger partial charge in [0.15, 0.2) is 11.6 Å². The van der Waals surface area contributed by atoms with Crippen LogP contribution in [0.15, 0.2) is 53.1 Å². The topological polar surface area (TPSA) is 74.4 Å². The van der Waals surface area contributed by atoms with Crippen molar-refractivity contribution in [2.45, 2.75) is 5.16 Å². The van der Waals surface area contributed by atoms with Crippen LogP contribution in [0, 0.1) is 0 Å². The minimum Gasteiger partial charge on any atom is -0.360 e. The molecule has 23 heavy (non-hydrogen) atoms. The van der Waals surface area contributed by atoms with Crippen LogP contribution in [-0.4, -0.2) is 31.7 Å². The van der Waals surface area contributed by atoms with E-state index < -0.39 is 0 Å². The summed E-state index contributed by atoms with van der Waals surface area (Å²) in [6.45, 7) is 0. The fourth-order valence-corrected chi connectivity index (χ4v) is 3.69. The second kappa shape index (κ2) is 6.02. The first-order valence-corrected chi connectivity index (χ1v) is 8.86. The number of carbonyl (C=O) groups is 1. The van der Waals surface area contributed by atoms with E-state index in [4.69, 9.17) is 0 Å². The first kappa shape index (κ1) is 14.2. The molecule has 0 aliphatic carbocycles. The number of rotatable bonds is 5. The van der Waals surface area contributed by atoms with Gasteiger partial charge in [0.25, 0.3) is 0 Å². The van der Waals surface area contributed by atoms with Crippen molar-refractivity contribution in [3.05, 3.63) is 53.5 Å². The van der Waals surface area contributed by atoms with Gasteiger partial charge >= 0.3 is 0 Å². The Morgan fingerprint density at radius 2 is 2.13 bits per heavy atom. The van der Waals surface area contributed by atoms with Gasteiger partial charge in [-0.05, 0) is 17.5 Å². The molecule has 0 fully saturated rings. The molecule has 2 N–H and O–H groups in total. The van der Waals surface area contributed by atoms with Gasteiger partial charge in [-0.15, -0.1) is 16.4 Å². The molecule has 0 spiro atoms. The van der Waals surface area contributed by atoms with E-state index in [2.05, 4.69) is 20.2 Å². The number of hydrogen-bond donors (Lipinski definition) is 2. The van der Waals surface area contributed by atoms with Crippen LogP contribution in [-0.2, 0) is 0 Å². The Bertz CT molecular complexity index is 955. The summed E-state index contributed by atoms with van der Waals surface area (Å²) < 4.78 is 0. The van der Waals surface area contributed by atoms with Gasteiger partial charge in [0, 0.05) is 22.7 Å². The Morgan fingerprint density at radius 1 is 1.22 bits per heavy atom. The smallest absolute Gasteiger partial charge is 0.209 e. The number of thiophene rings is 1. The normalized spacial score (nSPS) is 11.1. The van der Waals surface area contributed by atoms with Crippen LogP contribution in [0.25, 0.3) is 21.6 Å². The lowest BCUT2D eigenvalue weighted by Gasteiger charge is -1.97. The van der Waals surface area contributed by atoms with Gasteiger partial charge in [0.1, 0.15) is 0 Å². The van der Waals surface area contributed by atoms with Crippen molar-refractivity contribution in [3.8, 4) is 10.7 Å². The lowest BCUT2D eigenvalue weighted by Crippen LogP contribution is -2.01. The summed E-state index contributed by atoms with van der Waals surface area (Å²) in [5, 5.41) is 10.6. The summed E-state index contributed by atoms with van der Waals surface area (Å²) in [5.41, 5.74) is 1.68. The number of para-hydroxylation sites is 1. The van der Waals surface area contributed by atoms with Gasteiger partial charge in [0.05, 0.1) is 10.6 Å². The molecule has 5 nitrogen and oxygen atoms in total. The van der Waals surface area contributed by atoms with Crippen LogP contribution < -0.4 is 0 Å². The second-order valence-corrected chi connectivity index (χ2v) is 6.79. The Morgan fingerprint density at radius 3 is 3.00 bits per heavy atom. The standard InChI is InChI=1S/C16H12N4OS2/c21-13(11-8-17-12-5-2-1-4-10(11)12)9-23-16-18-15(19-20-16)14-6-3-7-22-14/h1-8,17H,9H2,(H,18,19,20). The lowest BCUT2D eigenvalue weighted by atomic mass is 10.1. The number of fused-ring (bicyclic) bond motifs is 1. The SMILES string of the molecule is O=C(CSc1n[nH]c(-c2cccs2)n1)c1c[nH]c2ccccc12. The average Bonchev–Trinajstić information content (AvgIpc) is 3.31. The highest BCUT2D eigenvalue weighted by atomic mass is 32.2. The molecule has 0 saturated carbocycles. The zero-order valence-electron chi connectivity index (χ0n) is 11.9. The quantitative estimate of drug-likeness (QED) is 0.425. The summed E-state index contributed by atoms with van der Waals surface area (Å²) in [4.78, 5) is 21.0. The van der Waals surface area contributed by atoms with E-state index in [9.17, 15) is 4.79 Å². The summed E-state index contributed by atoms with van der Waals surface area (Å²) >= 11 is 2.94. The molecule has 0 amide bonds. The first-order chi connectivity index (χ1) is 11.3. The van der Waals surface area contributed by atoms with Crippen LogP contribution in [0.2, 0.25) is 0 Å². The number of carbonyl (C=O) groups excluding carboxylic acids is 1. The van der Waals surface area contributed by atoms with Gasteiger partial charge < -0.3 is 4.98 Å². The van der Waals surface area contributed by atoms with Crippen molar-refractivity contribution in [2.75, 3.05) is 5.75 Å². The number of ketones is 1. The number of Topliss-reactive ketones (excluding diaryl/α,β-unsaturated/α-hetero) is 1. The maximum absolute atomic E-state index is 12.4. The van der Waals surface area contributed by atoms with E-state index in [-0.39, 0.29) is 5.78 Å². The largest absolute Gasteiger partial charge is 0.360 e. The van der Waals surface area contributed by atoms with Crippen molar-refractivity contribution in [2.24, 2.45) is 0 Å². The molecule has 0 radical (unpaired) electrons. The summed E-state index contributed by atoms with van der Waals surface area (Å²) in [5.74, 6) is 1.11. The number of nitrogens with zero attached hydrogens (tertiary/aromatic N) is 2. The number of nitrogens with one attached hydrogen (secondary N) is 2. The molecule has 0 unspecified atom stereocenters. The molecule has 0 saturated heterocycles. The zero-order chi connectivity index (χ0) is 15.6. The molecule has 0 atom stereocenters. The Hall–Kier alpha value is -2.38. The maximum Gasteiger partial charge on any atom is 0.209 e. The predicted octanol–water partition coefficient (Wildman–Crippen LogP) is 3.99. The van der Waals surface area contributed by atoms with Crippen LogP contribution in [0.4, 0.5) is 0 Å². The van der Waals surface area contributed by atoms with Gasteiger partial charge in [-0.1, -0.05) is 36.0 Å². The van der Waals surface area contributed by atoms with Crippen LogP contribution in [0.3, 0.4) is 0 Å². The number of hydrogen-bond acceptors (Lipinski definition) is 5. The van der Waals surface area contributed by atoms with E-state index in [1.165, 1.54) is 11.8 Å². The molecular formula is C16H12N4OS2. The maximum atomic E-state index is 12.4. The second-order valence-electron chi connectivity index (χ2n) is 4.90. The number of aromatic amines is 2. The Labute approximate surface area is 140 Å². The van der Waals surface area contributed by atoms with Crippen molar-refractivity contribution >= 4 is 39.8 Å². The minimum atomic E-state index is 0.0647. The average molecular weight is 340 g/mol. The lowest BCUT2D eigenvalue weighted by molar-refractivity contribution is 0.102. The minimum absolute atomic E-state index is 0.0647. The molecular weight excluding hydrogens is 328 g/mol. The molecule has 1 aromatic carbocycles. The van der Waals surface area contributed by atoms with E-state index in [0.717, 1.165) is 21.6 Å². The zero-order valence-corrected chi connectivity index (χ0v) is 13.6. The van der Waals surface area contributed by atoms with E-state index in [0.29, 0.717) is 16.5 Å². The van der Waals surface area contributed by atoms with Crippen LogP contribution in [0.1, 0.15) is 10.4 Å². The molecule has 3 heterocycles. The van der Waals surface area contributed by atoms with Gasteiger partial charge in [-0.25, -0.2) is 4.98 Å². The number of aromatic nitrogens is 4. The van der Waals surface area contributed by atoms with Gasteiger partial charge in [0.2, 0.25) is 5.16 Å². The summed E-state index contributed by atoms with van der Waals surface area (Å²) in [6.07, 6.45) is 1.77. The van der Waals surface area contributed by atoms with Crippen LogP contribution in [0.5, 0.6) is 0 Å². The van der Waals surface area contributed by atoms with Crippen molar-refractivity contribution < 1.29 is 4.79 Å². The van der Waals surface area contributed by atoms with Gasteiger partial charge in [-0.3, -0.25) is 9.89 Å². The van der Waals surface area contributed by atoms with Gasteiger partial charge in [-0.2, -0.15) is 0 Å². The highest BCUT2D eigenvalue weighted by Gasteiger charge is 2.14. The fraction of sp³-hybridized carbons (Fsp3) is 0.0625.